The first-order valence-electron chi connectivity index (χ1n) is 8.01. The van der Waals surface area contributed by atoms with Gasteiger partial charge in [0.25, 0.3) is 0 Å². The standard InChI is InChI=1S/C18H28ClNO/c1-5-20-12-13-8-9-18(2,3)11-16(13)15-10-14(19)6-7-17(15)21-4/h6-7,10,13,16,20H,5,8-9,11-12H2,1-4H3. The molecule has 1 aliphatic rings. The number of ether oxygens (including phenoxy) is 1. The van der Waals surface area contributed by atoms with Crippen molar-refractivity contribution in [1.82, 2.24) is 5.32 Å². The molecular formula is C18H28ClNO. The summed E-state index contributed by atoms with van der Waals surface area (Å²) in [6, 6.07) is 6.02. The predicted octanol–water partition coefficient (Wildman–Crippen LogP) is 4.87. The molecule has 118 valence electrons. The van der Waals surface area contributed by atoms with E-state index in [9.17, 15) is 0 Å². The highest BCUT2D eigenvalue weighted by atomic mass is 35.5. The van der Waals surface area contributed by atoms with E-state index in [0.29, 0.717) is 17.3 Å². The van der Waals surface area contributed by atoms with Gasteiger partial charge < -0.3 is 10.1 Å². The van der Waals surface area contributed by atoms with E-state index >= 15 is 0 Å². The summed E-state index contributed by atoms with van der Waals surface area (Å²) >= 11 is 6.24. The molecule has 2 unspecified atom stereocenters. The summed E-state index contributed by atoms with van der Waals surface area (Å²) in [7, 11) is 1.75. The van der Waals surface area contributed by atoms with Crippen LogP contribution in [-0.4, -0.2) is 20.2 Å². The summed E-state index contributed by atoms with van der Waals surface area (Å²) in [5.41, 5.74) is 1.67. The first-order valence-corrected chi connectivity index (χ1v) is 8.39. The van der Waals surface area contributed by atoms with Gasteiger partial charge in [-0.2, -0.15) is 0 Å². The Bertz CT molecular complexity index is 472. The van der Waals surface area contributed by atoms with Gasteiger partial charge in [-0.05, 0) is 73.4 Å². The molecule has 1 aromatic rings. The predicted molar refractivity (Wildman–Crippen MR) is 90.4 cm³/mol. The van der Waals surface area contributed by atoms with Crippen molar-refractivity contribution in [2.45, 2.75) is 46.0 Å². The van der Waals surface area contributed by atoms with Crippen LogP contribution in [0.15, 0.2) is 18.2 Å². The van der Waals surface area contributed by atoms with E-state index in [1.807, 2.05) is 12.1 Å². The van der Waals surface area contributed by atoms with Crippen LogP contribution in [0.5, 0.6) is 5.75 Å². The third kappa shape index (κ3) is 4.14. The minimum atomic E-state index is 0.390. The van der Waals surface area contributed by atoms with Crippen LogP contribution in [0.3, 0.4) is 0 Å². The van der Waals surface area contributed by atoms with Crippen molar-refractivity contribution in [3.63, 3.8) is 0 Å². The zero-order valence-corrected chi connectivity index (χ0v) is 14.5. The van der Waals surface area contributed by atoms with E-state index < -0.39 is 0 Å². The van der Waals surface area contributed by atoms with E-state index in [4.69, 9.17) is 16.3 Å². The smallest absolute Gasteiger partial charge is 0.122 e. The van der Waals surface area contributed by atoms with Crippen molar-refractivity contribution in [3.8, 4) is 5.75 Å². The molecule has 0 spiro atoms. The number of hydrogen-bond donors (Lipinski definition) is 1. The SMILES string of the molecule is CCNCC1CCC(C)(C)CC1c1cc(Cl)ccc1OC. The van der Waals surface area contributed by atoms with Gasteiger partial charge >= 0.3 is 0 Å². The second kappa shape index (κ2) is 7.02. The second-order valence-corrected chi connectivity index (χ2v) is 7.40. The lowest BCUT2D eigenvalue weighted by Crippen LogP contribution is -2.35. The van der Waals surface area contributed by atoms with Gasteiger partial charge in [0.2, 0.25) is 0 Å². The molecule has 2 atom stereocenters. The number of halogens is 1. The van der Waals surface area contributed by atoms with Crippen molar-refractivity contribution < 1.29 is 4.74 Å². The number of methoxy groups -OCH3 is 1. The van der Waals surface area contributed by atoms with Crippen molar-refractivity contribution >= 4 is 11.6 Å². The molecule has 2 nitrogen and oxygen atoms in total. The van der Waals surface area contributed by atoms with Gasteiger partial charge in [0.15, 0.2) is 0 Å². The third-order valence-electron chi connectivity index (χ3n) is 4.78. The summed E-state index contributed by atoms with van der Waals surface area (Å²) in [6.07, 6.45) is 3.75. The highest BCUT2D eigenvalue weighted by Gasteiger charge is 2.36. The summed E-state index contributed by atoms with van der Waals surface area (Å²) in [5.74, 6) is 2.15. The van der Waals surface area contributed by atoms with Crippen molar-refractivity contribution in [2.75, 3.05) is 20.2 Å². The molecule has 0 radical (unpaired) electrons. The fourth-order valence-corrected chi connectivity index (χ4v) is 3.75. The molecule has 0 aliphatic heterocycles. The summed E-state index contributed by atoms with van der Waals surface area (Å²) in [6.45, 7) is 9.02. The molecule has 1 N–H and O–H groups in total. The van der Waals surface area contributed by atoms with Gasteiger partial charge in [-0.15, -0.1) is 0 Å². The molecule has 21 heavy (non-hydrogen) atoms. The van der Waals surface area contributed by atoms with E-state index in [1.54, 1.807) is 7.11 Å². The molecule has 0 aromatic heterocycles. The van der Waals surface area contributed by atoms with Crippen molar-refractivity contribution in [1.29, 1.82) is 0 Å². The molecule has 2 rings (SSSR count). The maximum absolute atomic E-state index is 6.24. The highest BCUT2D eigenvalue weighted by Crippen LogP contribution is 2.48. The maximum atomic E-state index is 6.24. The number of nitrogens with one attached hydrogen (secondary N) is 1. The Labute approximate surface area is 134 Å². The largest absolute Gasteiger partial charge is 0.496 e. The first-order chi connectivity index (χ1) is 9.96. The van der Waals surface area contributed by atoms with Gasteiger partial charge in [-0.25, -0.2) is 0 Å². The summed E-state index contributed by atoms with van der Waals surface area (Å²) in [4.78, 5) is 0. The Balaban J connectivity index is 2.32. The fourth-order valence-electron chi connectivity index (χ4n) is 3.57. The van der Waals surface area contributed by atoms with E-state index in [-0.39, 0.29) is 0 Å². The number of benzene rings is 1. The fraction of sp³-hybridized carbons (Fsp3) is 0.667. The minimum absolute atomic E-state index is 0.390. The Hall–Kier alpha value is -0.730. The second-order valence-electron chi connectivity index (χ2n) is 6.97. The molecular weight excluding hydrogens is 282 g/mol. The van der Waals surface area contributed by atoms with Gasteiger partial charge in [-0.1, -0.05) is 32.4 Å². The molecule has 1 aromatic carbocycles. The Kier molecular flexibility index (Phi) is 5.56. The molecule has 1 fully saturated rings. The average molecular weight is 310 g/mol. The van der Waals surface area contributed by atoms with E-state index in [2.05, 4.69) is 32.2 Å². The lowest BCUT2D eigenvalue weighted by atomic mass is 9.65. The molecule has 3 heteroatoms. The van der Waals surface area contributed by atoms with Crippen LogP contribution in [0, 0.1) is 11.3 Å². The molecule has 1 aliphatic carbocycles. The average Bonchev–Trinajstić information content (AvgIpc) is 2.45. The molecule has 0 amide bonds. The minimum Gasteiger partial charge on any atom is -0.496 e. The van der Waals surface area contributed by atoms with Crippen LogP contribution in [0.2, 0.25) is 5.02 Å². The summed E-state index contributed by atoms with van der Waals surface area (Å²) < 4.78 is 5.60. The molecule has 0 bridgehead atoms. The maximum Gasteiger partial charge on any atom is 0.122 e. The third-order valence-corrected chi connectivity index (χ3v) is 5.02. The van der Waals surface area contributed by atoms with Gasteiger partial charge in [0, 0.05) is 5.02 Å². The lowest BCUT2D eigenvalue weighted by Gasteiger charge is -2.41. The normalized spacial score (nSPS) is 24.8. The first kappa shape index (κ1) is 16.6. The van der Waals surface area contributed by atoms with Crippen LogP contribution in [0.4, 0.5) is 0 Å². The van der Waals surface area contributed by atoms with Crippen molar-refractivity contribution in [3.05, 3.63) is 28.8 Å². The quantitative estimate of drug-likeness (QED) is 0.838. The monoisotopic (exact) mass is 309 g/mol. The molecule has 0 heterocycles. The number of rotatable bonds is 5. The Morgan fingerprint density at radius 3 is 2.81 bits per heavy atom. The van der Waals surface area contributed by atoms with Gasteiger partial charge in [-0.3, -0.25) is 0 Å². The van der Waals surface area contributed by atoms with Crippen LogP contribution < -0.4 is 10.1 Å². The zero-order chi connectivity index (χ0) is 15.5. The summed E-state index contributed by atoms with van der Waals surface area (Å²) in [5, 5.41) is 4.33. The van der Waals surface area contributed by atoms with Crippen LogP contribution >= 0.6 is 11.6 Å². The van der Waals surface area contributed by atoms with Crippen LogP contribution in [0.1, 0.15) is 51.5 Å². The molecule has 1 saturated carbocycles. The van der Waals surface area contributed by atoms with Crippen molar-refractivity contribution in [2.24, 2.45) is 11.3 Å². The highest BCUT2D eigenvalue weighted by molar-refractivity contribution is 6.30. The Morgan fingerprint density at radius 2 is 2.14 bits per heavy atom. The Morgan fingerprint density at radius 1 is 1.38 bits per heavy atom. The molecule has 0 saturated heterocycles. The van der Waals surface area contributed by atoms with Gasteiger partial charge in [0.05, 0.1) is 7.11 Å². The number of hydrogen-bond acceptors (Lipinski definition) is 2. The van der Waals surface area contributed by atoms with Crippen LogP contribution in [0.25, 0.3) is 0 Å². The van der Waals surface area contributed by atoms with E-state index in [0.717, 1.165) is 23.9 Å². The van der Waals surface area contributed by atoms with Crippen LogP contribution in [-0.2, 0) is 0 Å². The lowest BCUT2D eigenvalue weighted by molar-refractivity contribution is 0.158. The zero-order valence-electron chi connectivity index (χ0n) is 13.7. The topological polar surface area (TPSA) is 21.3 Å². The van der Waals surface area contributed by atoms with Gasteiger partial charge in [0.1, 0.15) is 5.75 Å². The van der Waals surface area contributed by atoms with E-state index in [1.165, 1.54) is 24.8 Å².